The van der Waals surface area contributed by atoms with Gasteiger partial charge in [-0.2, -0.15) is 0 Å². The molecule has 1 aromatic carbocycles. The summed E-state index contributed by atoms with van der Waals surface area (Å²) >= 11 is 0. The van der Waals surface area contributed by atoms with Gasteiger partial charge in [-0.1, -0.05) is 36.7 Å². The number of ketones is 1. The van der Waals surface area contributed by atoms with E-state index in [2.05, 4.69) is 17.4 Å². The van der Waals surface area contributed by atoms with Crippen molar-refractivity contribution >= 4 is 23.4 Å². The van der Waals surface area contributed by atoms with E-state index < -0.39 is 47.4 Å². The van der Waals surface area contributed by atoms with Crippen molar-refractivity contribution in [2.75, 3.05) is 19.8 Å². The maximum absolute atomic E-state index is 12.7. The van der Waals surface area contributed by atoms with E-state index in [0.717, 1.165) is 24.8 Å². The first-order valence-electron chi connectivity index (χ1n) is 16.0. The molecule has 0 saturated heterocycles. The first-order chi connectivity index (χ1) is 21.4. The van der Waals surface area contributed by atoms with Crippen LogP contribution < -0.4 is 5.32 Å². The van der Waals surface area contributed by atoms with Crippen LogP contribution in [0.1, 0.15) is 71.3 Å². The van der Waals surface area contributed by atoms with Crippen LogP contribution in [-0.4, -0.2) is 81.4 Å². The lowest BCUT2D eigenvalue weighted by Crippen LogP contribution is -2.62. The molecule has 45 heavy (non-hydrogen) atoms. The number of phenols is 1. The van der Waals surface area contributed by atoms with Crippen LogP contribution in [0.2, 0.25) is 0 Å². The third kappa shape index (κ3) is 6.02. The molecule has 5 N–H and O–H groups in total. The zero-order valence-corrected chi connectivity index (χ0v) is 26.3. The Balaban J connectivity index is 1.23. The lowest BCUT2D eigenvalue weighted by Gasteiger charge is -2.60. The Kier molecular flexibility index (Phi) is 9.45. The number of benzene rings is 1. The second-order valence-electron chi connectivity index (χ2n) is 13.7. The van der Waals surface area contributed by atoms with Crippen LogP contribution in [0.3, 0.4) is 0 Å². The summed E-state index contributed by atoms with van der Waals surface area (Å²) < 4.78 is 5.13. The summed E-state index contributed by atoms with van der Waals surface area (Å²) in [7, 11) is 0. The SMILES string of the molecule is CCOC(=O)[C@H](Cc1ccc(O)cc1)NC(=O)CON=C1C=C2CC[C@@H]3[C@H]([C@@H](O)C[C@@]4(C)[C@@H]3CC[C@]4(O)C(=O)CO)[C@]2(C)CC1. The molecule has 0 heterocycles. The molecular formula is C34H46N2O9. The zero-order valence-electron chi connectivity index (χ0n) is 26.3. The van der Waals surface area contributed by atoms with Gasteiger partial charge in [0.2, 0.25) is 0 Å². The molecule has 0 radical (unpaired) electrons. The topological polar surface area (TPSA) is 175 Å². The molecule has 0 spiro atoms. The molecule has 11 heteroatoms. The summed E-state index contributed by atoms with van der Waals surface area (Å²) in [4.78, 5) is 43.3. The van der Waals surface area contributed by atoms with Crippen molar-refractivity contribution in [3.63, 3.8) is 0 Å². The predicted molar refractivity (Wildman–Crippen MR) is 164 cm³/mol. The number of aliphatic hydroxyl groups excluding tert-OH is 2. The Morgan fingerprint density at radius 2 is 1.84 bits per heavy atom. The lowest BCUT2D eigenvalue weighted by atomic mass is 9.45. The molecule has 1 aromatic rings. The second-order valence-corrected chi connectivity index (χ2v) is 13.7. The number of carbonyl (C=O) groups is 3. The van der Waals surface area contributed by atoms with E-state index in [-0.39, 0.29) is 48.6 Å². The van der Waals surface area contributed by atoms with Gasteiger partial charge in [-0.25, -0.2) is 4.79 Å². The van der Waals surface area contributed by atoms with Crippen molar-refractivity contribution in [1.29, 1.82) is 0 Å². The molecule has 0 aromatic heterocycles. The Morgan fingerprint density at radius 3 is 2.53 bits per heavy atom. The van der Waals surface area contributed by atoms with Crippen LogP contribution in [0.15, 0.2) is 41.1 Å². The highest BCUT2D eigenvalue weighted by Crippen LogP contribution is 2.67. The molecule has 3 fully saturated rings. The molecule has 246 valence electrons. The van der Waals surface area contributed by atoms with E-state index in [4.69, 9.17) is 9.57 Å². The summed E-state index contributed by atoms with van der Waals surface area (Å²) in [5.74, 6) is -1.34. The normalized spacial score (nSPS) is 35.3. The number of nitrogens with one attached hydrogen (secondary N) is 1. The Bertz CT molecular complexity index is 1360. The number of aromatic hydroxyl groups is 1. The van der Waals surface area contributed by atoms with Gasteiger partial charge in [0.25, 0.3) is 5.91 Å². The number of hydrogen-bond donors (Lipinski definition) is 5. The van der Waals surface area contributed by atoms with E-state index in [9.17, 15) is 34.8 Å². The van der Waals surface area contributed by atoms with Crippen LogP contribution >= 0.6 is 0 Å². The third-order valence-corrected chi connectivity index (χ3v) is 11.3. The average molecular weight is 627 g/mol. The number of nitrogens with zero attached hydrogens (tertiary/aromatic N) is 1. The standard InChI is InChI=1S/C34H46N2O9/c1-4-44-31(42)26(15-20-5-8-23(38)9-6-20)35-29(41)19-45-36-22-11-13-32(2)21(16-22)7-10-24-25-12-14-34(43,28(40)18-37)33(25,3)17-27(39)30(24)32/h5-6,8-9,16,24-27,30,37-39,43H,4,7,10-15,17-19H2,1-3H3,(H,35,41)/t24-,25+,26-,27-,30+,32+,33-,34-/m0/s1. The monoisotopic (exact) mass is 626 g/mol. The van der Waals surface area contributed by atoms with Crippen LogP contribution in [0.25, 0.3) is 0 Å². The van der Waals surface area contributed by atoms with Crippen molar-refractivity contribution in [2.45, 2.75) is 89.9 Å². The Morgan fingerprint density at radius 1 is 1.11 bits per heavy atom. The molecular weight excluding hydrogens is 580 g/mol. The molecule has 3 saturated carbocycles. The molecule has 8 atom stereocenters. The fourth-order valence-electron chi connectivity index (χ4n) is 9.08. The molecule has 11 nitrogen and oxygen atoms in total. The number of hydrogen-bond acceptors (Lipinski definition) is 10. The molecule has 0 unspecified atom stereocenters. The minimum Gasteiger partial charge on any atom is -0.508 e. The van der Waals surface area contributed by atoms with Gasteiger partial charge in [0, 0.05) is 11.8 Å². The van der Waals surface area contributed by atoms with Gasteiger partial charge < -0.3 is 35.3 Å². The van der Waals surface area contributed by atoms with Crippen LogP contribution in [0.4, 0.5) is 0 Å². The highest BCUT2D eigenvalue weighted by atomic mass is 16.6. The number of rotatable bonds is 10. The Hall–Kier alpha value is -3.28. The summed E-state index contributed by atoms with van der Waals surface area (Å²) in [5, 5.41) is 49.0. The fourth-order valence-corrected chi connectivity index (χ4v) is 9.08. The van der Waals surface area contributed by atoms with Crippen molar-refractivity contribution in [3.05, 3.63) is 41.5 Å². The summed E-state index contributed by atoms with van der Waals surface area (Å²) in [6.45, 7) is 4.87. The van der Waals surface area contributed by atoms with Gasteiger partial charge in [-0.3, -0.25) is 9.59 Å². The number of ether oxygens (including phenoxy) is 1. The van der Waals surface area contributed by atoms with Gasteiger partial charge in [0.05, 0.1) is 18.4 Å². The van der Waals surface area contributed by atoms with E-state index in [0.29, 0.717) is 31.4 Å². The fraction of sp³-hybridized carbons (Fsp3) is 0.647. The molecule has 4 aliphatic carbocycles. The highest BCUT2D eigenvalue weighted by molar-refractivity contribution is 5.96. The van der Waals surface area contributed by atoms with Crippen molar-refractivity contribution in [2.24, 2.45) is 33.7 Å². The number of fused-ring (bicyclic) bond motifs is 5. The van der Waals surface area contributed by atoms with Gasteiger partial charge in [0.15, 0.2) is 12.4 Å². The molecule has 4 aliphatic rings. The predicted octanol–water partition coefficient (Wildman–Crippen LogP) is 2.58. The van der Waals surface area contributed by atoms with E-state index in [1.165, 1.54) is 17.7 Å². The van der Waals surface area contributed by atoms with Gasteiger partial charge in [-0.15, -0.1) is 0 Å². The number of amides is 1. The van der Waals surface area contributed by atoms with Gasteiger partial charge in [-0.05, 0) is 98.8 Å². The molecule has 0 bridgehead atoms. The summed E-state index contributed by atoms with van der Waals surface area (Å²) in [6.07, 6.45) is 5.76. The van der Waals surface area contributed by atoms with Crippen molar-refractivity contribution in [1.82, 2.24) is 5.32 Å². The smallest absolute Gasteiger partial charge is 0.328 e. The van der Waals surface area contributed by atoms with Crippen molar-refractivity contribution in [3.8, 4) is 5.75 Å². The van der Waals surface area contributed by atoms with Gasteiger partial charge in [0.1, 0.15) is 24.0 Å². The van der Waals surface area contributed by atoms with Crippen LogP contribution in [-0.2, 0) is 30.4 Å². The molecule has 1 amide bonds. The molecule has 0 aliphatic heterocycles. The number of allylic oxidation sites excluding steroid dienone is 2. The number of phenolic OH excluding ortho intramolecular Hbond substituents is 1. The summed E-state index contributed by atoms with van der Waals surface area (Å²) in [5.41, 5.74) is -0.0411. The highest BCUT2D eigenvalue weighted by Gasteiger charge is 2.68. The van der Waals surface area contributed by atoms with Gasteiger partial charge >= 0.3 is 5.97 Å². The number of aliphatic hydroxyl groups is 3. The summed E-state index contributed by atoms with van der Waals surface area (Å²) in [6, 6.07) is 5.44. The number of oxime groups is 1. The van der Waals surface area contributed by atoms with E-state index in [1.54, 1.807) is 19.1 Å². The maximum Gasteiger partial charge on any atom is 0.328 e. The second kappa shape index (κ2) is 12.8. The van der Waals surface area contributed by atoms with E-state index in [1.807, 2.05) is 13.0 Å². The third-order valence-electron chi connectivity index (χ3n) is 11.3. The zero-order chi connectivity index (χ0) is 32.6. The minimum atomic E-state index is -1.62. The van der Waals surface area contributed by atoms with E-state index >= 15 is 0 Å². The average Bonchev–Trinajstić information content (AvgIpc) is 3.28. The first kappa shape index (κ1) is 33.1. The largest absolute Gasteiger partial charge is 0.508 e. The maximum atomic E-state index is 12.7. The first-order valence-corrected chi connectivity index (χ1v) is 16.0. The Labute approximate surface area is 263 Å². The number of Topliss-reactive ketones (excluding diaryl/α,β-unsaturated/α-hetero) is 1. The lowest BCUT2D eigenvalue weighted by molar-refractivity contribution is -0.181. The number of esters is 1. The minimum absolute atomic E-state index is 0.0243. The van der Waals surface area contributed by atoms with Crippen LogP contribution in [0.5, 0.6) is 5.75 Å². The van der Waals surface area contributed by atoms with Crippen molar-refractivity contribution < 1.29 is 44.4 Å². The van der Waals surface area contributed by atoms with Crippen LogP contribution in [0, 0.1) is 28.6 Å². The molecule has 5 rings (SSSR count). The quantitative estimate of drug-likeness (QED) is 0.193. The number of carbonyl (C=O) groups excluding carboxylic acids is 3.